The van der Waals surface area contributed by atoms with Crippen molar-refractivity contribution in [3.05, 3.63) is 36.5 Å². The molecule has 0 heterocycles. The van der Waals surface area contributed by atoms with Gasteiger partial charge in [-0.2, -0.15) is 0 Å². The molecule has 356 valence electrons. The summed E-state index contributed by atoms with van der Waals surface area (Å²) in [7, 11) is -5.12. The summed E-state index contributed by atoms with van der Waals surface area (Å²) in [6.07, 6.45) is 29.0. The number of hydrogen-bond donors (Lipinski definition) is 6. The Balaban J connectivity index is 2.45. The van der Waals surface area contributed by atoms with Gasteiger partial charge in [-0.05, 0) is 51.4 Å². The van der Waals surface area contributed by atoms with Gasteiger partial charge in [-0.1, -0.05) is 166 Å². The normalized spacial score (nSPS) is 22.3. The van der Waals surface area contributed by atoms with Gasteiger partial charge in [0.15, 0.2) is 6.10 Å². The summed E-state index contributed by atoms with van der Waals surface area (Å²) in [4.78, 5) is 35.7. The van der Waals surface area contributed by atoms with E-state index in [9.17, 15) is 44.6 Å². The number of phosphoric ester groups is 1. The highest BCUT2D eigenvalue weighted by atomic mass is 31.2. The van der Waals surface area contributed by atoms with Gasteiger partial charge < -0.3 is 39.9 Å². The van der Waals surface area contributed by atoms with Crippen LogP contribution in [0.3, 0.4) is 0 Å². The maximum atomic E-state index is 12.8. The maximum Gasteiger partial charge on any atom is 0.472 e. The number of ether oxygens (including phenoxy) is 2. The van der Waals surface area contributed by atoms with Crippen molar-refractivity contribution < 1.29 is 63.1 Å². The lowest BCUT2D eigenvalue weighted by molar-refractivity contribution is -0.220. The van der Waals surface area contributed by atoms with Crippen molar-refractivity contribution in [2.45, 2.75) is 236 Å². The summed E-state index contributed by atoms with van der Waals surface area (Å²) in [5, 5.41) is 50.2. The van der Waals surface area contributed by atoms with E-state index < -0.39 is 75.7 Å². The van der Waals surface area contributed by atoms with E-state index in [2.05, 4.69) is 50.3 Å². The molecule has 6 unspecified atom stereocenters. The largest absolute Gasteiger partial charge is 0.472 e. The van der Waals surface area contributed by atoms with Crippen molar-refractivity contribution in [1.82, 2.24) is 0 Å². The van der Waals surface area contributed by atoms with Crippen LogP contribution in [0.1, 0.15) is 194 Å². The lowest BCUT2D eigenvalue weighted by Gasteiger charge is -2.41. The Morgan fingerprint density at radius 3 is 1.38 bits per heavy atom. The van der Waals surface area contributed by atoms with Crippen LogP contribution in [-0.4, -0.2) is 98.3 Å². The molecular weight excluding hydrogens is 803 g/mol. The minimum Gasteiger partial charge on any atom is -0.462 e. The highest BCUT2D eigenvalue weighted by Crippen LogP contribution is 2.47. The van der Waals surface area contributed by atoms with Crippen LogP contribution >= 0.6 is 7.82 Å². The predicted octanol–water partition coefficient (Wildman–Crippen LogP) is 9.39. The summed E-state index contributed by atoms with van der Waals surface area (Å²) in [5.74, 6) is -1.11. The molecule has 0 radical (unpaired) electrons. The zero-order chi connectivity index (χ0) is 45.0. The fraction of sp³-hybridized carbons (Fsp3) is 0.830. The first-order valence-corrected chi connectivity index (χ1v) is 25.3. The zero-order valence-corrected chi connectivity index (χ0v) is 38.6. The third-order valence-corrected chi connectivity index (χ3v) is 12.0. The van der Waals surface area contributed by atoms with E-state index in [1.807, 2.05) is 0 Å². The molecule has 1 aliphatic rings. The highest BCUT2D eigenvalue weighted by molar-refractivity contribution is 7.47. The van der Waals surface area contributed by atoms with Crippen molar-refractivity contribution in [2.24, 2.45) is 0 Å². The summed E-state index contributed by atoms with van der Waals surface area (Å²) in [6.45, 7) is 3.26. The standard InChI is InChI=1S/C47H85O13P/c1-3-5-7-9-11-13-15-17-18-19-20-21-22-24-26-28-30-32-34-36-41(49)59-39(38-58-61(55,56)60-47-45(53)43(51)42(50)44(52)46(47)54)37-57-40(48)35-33-31-29-27-25-23-16-14-12-10-8-6-4-2/h11,13,17-18,20-21,39,42-47,50-54H,3-10,12,14-16,19,22-38H2,1-2H3,(H,55,56)/b13-11-,18-17-,21-20-. The van der Waals surface area contributed by atoms with Gasteiger partial charge >= 0.3 is 19.8 Å². The number of unbranched alkanes of at least 4 members (excludes halogenated alkanes) is 21. The molecule has 0 bridgehead atoms. The molecular formula is C47H85O13P. The topological polar surface area (TPSA) is 210 Å². The Bertz CT molecular complexity index is 1210. The van der Waals surface area contributed by atoms with Crippen LogP contribution in [0, 0.1) is 0 Å². The Morgan fingerprint density at radius 2 is 0.885 bits per heavy atom. The number of carbonyl (C=O) groups is 2. The van der Waals surface area contributed by atoms with Crippen LogP contribution in [0.15, 0.2) is 36.5 Å². The first-order chi connectivity index (χ1) is 29.4. The molecule has 1 rings (SSSR count). The molecule has 0 saturated heterocycles. The Hall–Kier alpha value is -1.93. The van der Waals surface area contributed by atoms with Crippen molar-refractivity contribution in [3.8, 4) is 0 Å². The van der Waals surface area contributed by atoms with Gasteiger partial charge in [-0.25, -0.2) is 4.57 Å². The second-order valence-corrected chi connectivity index (χ2v) is 18.0. The quantitative estimate of drug-likeness (QED) is 0.0147. The third kappa shape index (κ3) is 30.0. The number of rotatable bonds is 39. The molecule has 61 heavy (non-hydrogen) atoms. The number of allylic oxidation sites excluding steroid dienone is 6. The number of aliphatic hydroxyl groups is 5. The summed E-state index contributed by atoms with van der Waals surface area (Å²) >= 11 is 0. The summed E-state index contributed by atoms with van der Waals surface area (Å²) in [5.41, 5.74) is 0. The smallest absolute Gasteiger partial charge is 0.462 e. The zero-order valence-electron chi connectivity index (χ0n) is 37.7. The van der Waals surface area contributed by atoms with E-state index >= 15 is 0 Å². The number of hydrogen-bond acceptors (Lipinski definition) is 12. The van der Waals surface area contributed by atoms with E-state index in [4.69, 9.17) is 18.5 Å². The molecule has 6 N–H and O–H groups in total. The van der Waals surface area contributed by atoms with Gasteiger partial charge in [0.25, 0.3) is 0 Å². The SMILES string of the molecule is CCCCC/C=C\C/C=C\C/C=C\CCCCCCCCC(=O)OC(COC(=O)CCCCCCCCCCCCCCC)COP(=O)(O)OC1C(O)C(O)C(O)C(O)C1O. The lowest BCUT2D eigenvalue weighted by Crippen LogP contribution is -2.64. The highest BCUT2D eigenvalue weighted by Gasteiger charge is 2.51. The van der Waals surface area contributed by atoms with Crippen LogP contribution in [-0.2, 0) is 32.7 Å². The van der Waals surface area contributed by atoms with Crippen LogP contribution in [0.5, 0.6) is 0 Å². The lowest BCUT2D eigenvalue weighted by atomic mass is 9.85. The van der Waals surface area contributed by atoms with Crippen molar-refractivity contribution in [1.29, 1.82) is 0 Å². The van der Waals surface area contributed by atoms with E-state index in [0.717, 1.165) is 77.0 Å². The van der Waals surface area contributed by atoms with E-state index in [1.54, 1.807) is 0 Å². The van der Waals surface area contributed by atoms with Gasteiger partial charge in [0.1, 0.15) is 43.2 Å². The minimum atomic E-state index is -5.12. The average molecular weight is 889 g/mol. The molecule has 14 heteroatoms. The molecule has 1 fully saturated rings. The average Bonchev–Trinajstić information content (AvgIpc) is 3.24. The maximum absolute atomic E-state index is 12.8. The Kier molecular flexibility index (Phi) is 35.0. The molecule has 13 nitrogen and oxygen atoms in total. The minimum absolute atomic E-state index is 0.0835. The second-order valence-electron chi connectivity index (χ2n) is 16.6. The van der Waals surface area contributed by atoms with Gasteiger partial charge in [-0.15, -0.1) is 0 Å². The van der Waals surface area contributed by atoms with Gasteiger partial charge in [0.05, 0.1) is 6.61 Å². The molecule has 0 amide bonds. The first-order valence-electron chi connectivity index (χ1n) is 23.8. The molecule has 1 saturated carbocycles. The van der Waals surface area contributed by atoms with Crippen LogP contribution in [0.4, 0.5) is 0 Å². The molecule has 0 aliphatic heterocycles. The first kappa shape index (κ1) is 57.1. The van der Waals surface area contributed by atoms with Crippen LogP contribution in [0.2, 0.25) is 0 Å². The number of phosphoric acid groups is 1. The van der Waals surface area contributed by atoms with Crippen molar-refractivity contribution in [2.75, 3.05) is 13.2 Å². The second kappa shape index (κ2) is 37.4. The Labute approximate surface area is 368 Å². The fourth-order valence-electron chi connectivity index (χ4n) is 7.12. The van der Waals surface area contributed by atoms with Crippen LogP contribution in [0.25, 0.3) is 0 Å². The van der Waals surface area contributed by atoms with Crippen molar-refractivity contribution >= 4 is 19.8 Å². The van der Waals surface area contributed by atoms with E-state index in [0.29, 0.717) is 12.8 Å². The summed E-state index contributed by atoms with van der Waals surface area (Å²) < 4.78 is 33.5. The number of esters is 2. The van der Waals surface area contributed by atoms with Gasteiger partial charge in [0, 0.05) is 12.8 Å². The van der Waals surface area contributed by atoms with Crippen LogP contribution < -0.4 is 0 Å². The molecule has 6 atom stereocenters. The van der Waals surface area contributed by atoms with E-state index in [-0.39, 0.29) is 12.8 Å². The van der Waals surface area contributed by atoms with E-state index in [1.165, 1.54) is 77.0 Å². The number of carbonyl (C=O) groups excluding carboxylic acids is 2. The molecule has 0 aromatic rings. The fourth-order valence-corrected chi connectivity index (χ4v) is 8.09. The molecule has 0 spiro atoms. The molecule has 0 aromatic carbocycles. The predicted molar refractivity (Wildman–Crippen MR) is 240 cm³/mol. The van der Waals surface area contributed by atoms with Crippen molar-refractivity contribution in [3.63, 3.8) is 0 Å². The Morgan fingerprint density at radius 1 is 0.508 bits per heavy atom. The van der Waals surface area contributed by atoms with Gasteiger partial charge in [-0.3, -0.25) is 18.6 Å². The summed E-state index contributed by atoms with van der Waals surface area (Å²) in [6, 6.07) is 0. The monoisotopic (exact) mass is 889 g/mol. The number of aliphatic hydroxyl groups excluding tert-OH is 5. The third-order valence-electron chi connectivity index (χ3n) is 11.0. The van der Waals surface area contributed by atoms with Gasteiger partial charge in [0.2, 0.25) is 0 Å². The molecule has 0 aromatic heterocycles. The molecule has 1 aliphatic carbocycles.